The quantitative estimate of drug-likeness (QED) is 0.402. The van der Waals surface area contributed by atoms with E-state index < -0.39 is 5.97 Å². The maximum atomic E-state index is 12.3. The van der Waals surface area contributed by atoms with Gasteiger partial charge in [-0.25, -0.2) is 4.98 Å². The van der Waals surface area contributed by atoms with Crippen molar-refractivity contribution in [3.05, 3.63) is 70.4 Å². The van der Waals surface area contributed by atoms with E-state index >= 15 is 0 Å². The fourth-order valence-electron chi connectivity index (χ4n) is 3.34. The summed E-state index contributed by atoms with van der Waals surface area (Å²) in [5.41, 5.74) is 4.64. The number of aromatic nitrogens is 2. The SMILES string of the molecule is CC(=O)N(c1nc(COC(=O)Cc2noc3ccccc23)cs1)c1ccc(C)cc1C. The molecule has 0 bridgehead atoms. The number of carbonyl (C=O) groups is 2. The van der Waals surface area contributed by atoms with Gasteiger partial charge in [0.1, 0.15) is 12.3 Å². The van der Waals surface area contributed by atoms with Crippen molar-refractivity contribution < 1.29 is 18.8 Å². The summed E-state index contributed by atoms with van der Waals surface area (Å²) in [5, 5.41) is 7.06. The molecule has 4 aromatic rings. The molecule has 0 aliphatic rings. The van der Waals surface area contributed by atoms with Crippen molar-refractivity contribution in [2.24, 2.45) is 0 Å². The lowest BCUT2D eigenvalue weighted by Crippen LogP contribution is -2.23. The summed E-state index contributed by atoms with van der Waals surface area (Å²) in [7, 11) is 0. The summed E-state index contributed by atoms with van der Waals surface area (Å²) in [6.45, 7) is 5.49. The molecule has 0 unspecified atom stereocenters. The topological polar surface area (TPSA) is 85.5 Å². The van der Waals surface area contributed by atoms with Gasteiger partial charge in [-0.15, -0.1) is 11.3 Å². The maximum Gasteiger partial charge on any atom is 0.312 e. The van der Waals surface area contributed by atoms with Crippen molar-refractivity contribution in [1.82, 2.24) is 10.1 Å². The second-order valence-corrected chi connectivity index (χ2v) is 8.07. The Balaban J connectivity index is 1.44. The molecular formula is C23H21N3O4S. The monoisotopic (exact) mass is 435 g/mol. The van der Waals surface area contributed by atoms with Gasteiger partial charge in [0.2, 0.25) is 5.91 Å². The average molecular weight is 436 g/mol. The first-order chi connectivity index (χ1) is 14.9. The number of rotatable bonds is 6. The van der Waals surface area contributed by atoms with E-state index in [0.29, 0.717) is 22.1 Å². The summed E-state index contributed by atoms with van der Waals surface area (Å²) in [6, 6.07) is 13.3. The van der Waals surface area contributed by atoms with Crippen molar-refractivity contribution in [2.75, 3.05) is 4.90 Å². The Hall–Kier alpha value is -3.52. The molecule has 0 fully saturated rings. The first-order valence-electron chi connectivity index (χ1n) is 9.73. The molecule has 2 aromatic carbocycles. The smallest absolute Gasteiger partial charge is 0.312 e. The van der Waals surface area contributed by atoms with Gasteiger partial charge in [-0.2, -0.15) is 0 Å². The Bertz CT molecular complexity index is 1260. The Morgan fingerprint density at radius 2 is 1.97 bits per heavy atom. The van der Waals surface area contributed by atoms with Gasteiger partial charge in [0.25, 0.3) is 0 Å². The number of fused-ring (bicyclic) bond motifs is 1. The zero-order chi connectivity index (χ0) is 22.0. The molecule has 4 rings (SSSR count). The number of hydrogen-bond acceptors (Lipinski definition) is 7. The number of benzene rings is 2. The predicted octanol–water partition coefficient (Wildman–Crippen LogP) is 4.87. The molecule has 0 spiro atoms. The van der Waals surface area contributed by atoms with Crippen LogP contribution in [0, 0.1) is 13.8 Å². The van der Waals surface area contributed by atoms with E-state index in [2.05, 4.69) is 10.1 Å². The number of ether oxygens (including phenoxy) is 1. The number of para-hydroxylation sites is 1. The molecule has 0 atom stereocenters. The van der Waals surface area contributed by atoms with Crippen molar-refractivity contribution in [3.8, 4) is 0 Å². The van der Waals surface area contributed by atoms with Crippen LogP contribution in [-0.2, 0) is 27.4 Å². The van der Waals surface area contributed by atoms with Crippen LogP contribution in [0.25, 0.3) is 11.0 Å². The van der Waals surface area contributed by atoms with Crippen LogP contribution in [0.1, 0.15) is 29.4 Å². The van der Waals surface area contributed by atoms with Gasteiger partial charge >= 0.3 is 5.97 Å². The number of anilines is 2. The van der Waals surface area contributed by atoms with Crippen LogP contribution in [0.15, 0.2) is 52.4 Å². The molecule has 0 aliphatic carbocycles. The molecule has 0 aliphatic heterocycles. The highest BCUT2D eigenvalue weighted by Gasteiger charge is 2.20. The third-order valence-corrected chi connectivity index (χ3v) is 5.66. The minimum atomic E-state index is -0.425. The highest BCUT2D eigenvalue weighted by Crippen LogP contribution is 2.32. The Morgan fingerprint density at radius 3 is 2.74 bits per heavy atom. The number of amides is 1. The minimum Gasteiger partial charge on any atom is -0.459 e. The largest absolute Gasteiger partial charge is 0.459 e. The summed E-state index contributed by atoms with van der Waals surface area (Å²) in [5.74, 6) is -0.561. The van der Waals surface area contributed by atoms with Crippen LogP contribution in [0.4, 0.5) is 10.8 Å². The molecule has 0 radical (unpaired) electrons. The van der Waals surface area contributed by atoms with Crippen LogP contribution in [0.5, 0.6) is 0 Å². The lowest BCUT2D eigenvalue weighted by atomic mass is 10.1. The third kappa shape index (κ3) is 4.49. The van der Waals surface area contributed by atoms with Crippen LogP contribution < -0.4 is 4.90 Å². The molecule has 7 nitrogen and oxygen atoms in total. The fourth-order valence-corrected chi connectivity index (χ4v) is 4.20. The van der Waals surface area contributed by atoms with E-state index in [4.69, 9.17) is 9.26 Å². The van der Waals surface area contributed by atoms with E-state index in [1.54, 1.807) is 16.3 Å². The fraction of sp³-hybridized carbons (Fsp3) is 0.217. The third-order valence-electron chi connectivity index (χ3n) is 4.78. The zero-order valence-electron chi connectivity index (χ0n) is 17.4. The van der Waals surface area contributed by atoms with Crippen LogP contribution in [-0.4, -0.2) is 22.0 Å². The lowest BCUT2D eigenvalue weighted by Gasteiger charge is -2.20. The van der Waals surface area contributed by atoms with Gasteiger partial charge in [-0.05, 0) is 37.6 Å². The number of esters is 1. The first kappa shape index (κ1) is 20.7. The standard InChI is InChI=1S/C23H21N3O4S/c1-14-8-9-20(15(2)10-14)26(16(3)27)23-24-17(13-31-23)12-29-22(28)11-19-18-6-4-5-7-21(18)30-25-19/h4-10,13H,11-12H2,1-3H3. The molecule has 8 heteroatoms. The molecule has 0 saturated carbocycles. The number of aryl methyl sites for hydroxylation is 2. The number of nitrogens with zero attached hydrogens (tertiary/aromatic N) is 3. The minimum absolute atomic E-state index is 0.0101. The zero-order valence-corrected chi connectivity index (χ0v) is 18.2. The van der Waals surface area contributed by atoms with E-state index in [9.17, 15) is 9.59 Å². The second-order valence-electron chi connectivity index (χ2n) is 7.23. The van der Waals surface area contributed by atoms with Gasteiger partial charge in [-0.3, -0.25) is 14.5 Å². The summed E-state index contributed by atoms with van der Waals surface area (Å²) in [4.78, 5) is 30.7. The highest BCUT2D eigenvalue weighted by atomic mass is 32.1. The number of hydrogen-bond donors (Lipinski definition) is 0. The molecule has 158 valence electrons. The lowest BCUT2D eigenvalue weighted by molar-refractivity contribution is -0.144. The first-order valence-corrected chi connectivity index (χ1v) is 10.6. The predicted molar refractivity (Wildman–Crippen MR) is 118 cm³/mol. The molecular weight excluding hydrogens is 414 g/mol. The van der Waals surface area contributed by atoms with E-state index in [0.717, 1.165) is 22.2 Å². The Morgan fingerprint density at radius 1 is 1.16 bits per heavy atom. The molecule has 0 N–H and O–H groups in total. The van der Waals surface area contributed by atoms with E-state index in [-0.39, 0.29) is 18.9 Å². The van der Waals surface area contributed by atoms with Crippen molar-refractivity contribution in [3.63, 3.8) is 0 Å². The van der Waals surface area contributed by atoms with E-state index in [1.165, 1.54) is 18.3 Å². The van der Waals surface area contributed by atoms with Gasteiger partial charge in [0.05, 0.1) is 17.8 Å². The second kappa shape index (κ2) is 8.69. The van der Waals surface area contributed by atoms with Crippen molar-refractivity contribution in [2.45, 2.75) is 33.8 Å². The maximum absolute atomic E-state index is 12.3. The Kier molecular flexibility index (Phi) is 5.81. The van der Waals surface area contributed by atoms with Crippen molar-refractivity contribution >= 4 is 45.0 Å². The van der Waals surface area contributed by atoms with Gasteiger partial charge < -0.3 is 9.26 Å². The molecule has 31 heavy (non-hydrogen) atoms. The highest BCUT2D eigenvalue weighted by molar-refractivity contribution is 7.14. The average Bonchev–Trinajstić information content (AvgIpc) is 3.36. The number of carbonyl (C=O) groups excluding carboxylic acids is 2. The number of thiazole rings is 1. The molecule has 1 amide bonds. The van der Waals surface area contributed by atoms with Crippen LogP contribution in [0.2, 0.25) is 0 Å². The molecule has 0 saturated heterocycles. The Labute approximate surface area is 183 Å². The van der Waals surface area contributed by atoms with Gasteiger partial charge in [0, 0.05) is 17.7 Å². The van der Waals surface area contributed by atoms with Gasteiger partial charge in [-0.1, -0.05) is 35.0 Å². The van der Waals surface area contributed by atoms with E-state index in [1.807, 2.05) is 50.2 Å². The van der Waals surface area contributed by atoms with Crippen LogP contribution >= 0.6 is 11.3 Å². The van der Waals surface area contributed by atoms with Crippen molar-refractivity contribution in [1.29, 1.82) is 0 Å². The summed E-state index contributed by atoms with van der Waals surface area (Å²) in [6.07, 6.45) is 0.0101. The van der Waals surface area contributed by atoms with Gasteiger partial charge in [0.15, 0.2) is 10.7 Å². The summed E-state index contributed by atoms with van der Waals surface area (Å²) >= 11 is 1.33. The molecule has 2 heterocycles. The molecule has 2 aromatic heterocycles. The normalized spacial score (nSPS) is 10.9. The van der Waals surface area contributed by atoms with Crippen LogP contribution in [0.3, 0.4) is 0 Å². The summed E-state index contributed by atoms with van der Waals surface area (Å²) < 4.78 is 10.6.